The van der Waals surface area contributed by atoms with Crippen LogP contribution in [0.5, 0.6) is 0 Å². The Morgan fingerprint density at radius 2 is 1.33 bits per heavy atom. The summed E-state index contributed by atoms with van der Waals surface area (Å²) in [7, 11) is 2.66. The van der Waals surface area contributed by atoms with Gasteiger partial charge in [0.25, 0.3) is 0 Å². The van der Waals surface area contributed by atoms with Gasteiger partial charge in [-0.2, -0.15) is 0 Å². The van der Waals surface area contributed by atoms with Crippen LogP contribution in [0.4, 0.5) is 0 Å². The first-order chi connectivity index (χ1) is 1.91. The van der Waals surface area contributed by atoms with Crippen molar-refractivity contribution in [2.75, 3.05) is 0 Å². The van der Waals surface area contributed by atoms with Crippen LogP contribution >= 0.6 is 43.0 Å². The molecular weight excluding hydrogens is 238 g/mol. The van der Waals surface area contributed by atoms with Gasteiger partial charge >= 0.3 is 57.5 Å². The molecular formula is H7CaGaS4. The van der Waals surface area contributed by atoms with Gasteiger partial charge in [0.15, 0.2) is 0 Å². The maximum atomic E-state index is 3.72. The zero-order valence-electron chi connectivity index (χ0n) is 4.42. The Kier molecular flexibility index (Phi) is 42.4. The van der Waals surface area contributed by atoms with Crippen molar-refractivity contribution in [1.29, 1.82) is 0 Å². The quantitative estimate of drug-likeness (QED) is 0.397. The summed E-state index contributed by atoms with van der Waals surface area (Å²) >= 11 is 7.45. The molecule has 0 radical (unpaired) electrons. The minimum atomic E-state index is 0. The fraction of sp³-hybridized carbons (Fsp3) is 0. The Bertz CT molecular complexity index is 16.0. The van der Waals surface area contributed by atoms with Gasteiger partial charge in [-0.05, 0) is 19.7 Å². The maximum Gasteiger partial charge on any atom is -1.00 e. The summed E-state index contributed by atoms with van der Waals surface area (Å²) in [5.41, 5.74) is 0. The Morgan fingerprint density at radius 3 is 1.33 bits per heavy atom. The van der Waals surface area contributed by atoms with E-state index in [0.717, 1.165) is 0 Å². The third kappa shape index (κ3) is 15.7. The Labute approximate surface area is 101 Å². The van der Waals surface area contributed by atoms with E-state index in [-0.39, 0.29) is 60.4 Å². The van der Waals surface area contributed by atoms with E-state index >= 15 is 0 Å². The predicted octanol–water partition coefficient (Wildman–Crippen LogP) is 0.718. The van der Waals surface area contributed by atoms with Crippen LogP contribution in [-0.4, -0.2) is 57.5 Å². The molecule has 36 valence electrons. The van der Waals surface area contributed by atoms with Gasteiger partial charge in [-0.25, -0.2) is 0 Å². The van der Waals surface area contributed by atoms with Gasteiger partial charge in [-0.3, -0.25) is 0 Å². The summed E-state index contributed by atoms with van der Waals surface area (Å²) in [6.45, 7) is 0. The normalized spacial score (nSPS) is 5.00. The summed E-state index contributed by atoms with van der Waals surface area (Å²) in [5, 5.41) is 0. The average molecular weight is 245 g/mol. The van der Waals surface area contributed by atoms with Crippen LogP contribution in [0.25, 0.3) is 0 Å². The summed E-state index contributed by atoms with van der Waals surface area (Å²) in [5.74, 6) is 0. The molecule has 0 aromatic rings. The standard InChI is InChI=1S/Ca.Ga.H2S4.5H/c;;1-3-4-2;;;;;/h;;1-2H;;;;;/q+2;;;;;;2*-1. The van der Waals surface area contributed by atoms with Crippen LogP contribution in [-0.2, 0) is 0 Å². The average Bonchev–Trinajstić information content (AvgIpc) is 1.37. The number of thiol groups is 2. The maximum absolute atomic E-state index is 3.72. The minimum absolute atomic E-state index is 0. The first kappa shape index (κ1) is 16.1. The molecule has 0 aromatic carbocycles. The molecule has 0 amide bonds. The van der Waals surface area contributed by atoms with Gasteiger partial charge in [-0.15, -0.1) is 0 Å². The van der Waals surface area contributed by atoms with Crippen LogP contribution in [0.15, 0.2) is 0 Å². The first-order valence-corrected chi connectivity index (χ1v) is 4.79. The number of rotatable bonds is 1. The van der Waals surface area contributed by atoms with Gasteiger partial charge in [0.2, 0.25) is 0 Å². The van der Waals surface area contributed by atoms with Gasteiger partial charge in [0, 0.05) is 0 Å². The van der Waals surface area contributed by atoms with Crippen LogP contribution in [0, 0.1) is 0 Å². The van der Waals surface area contributed by atoms with E-state index in [1.807, 2.05) is 0 Å². The van der Waals surface area contributed by atoms with Crippen LogP contribution in [0.3, 0.4) is 0 Å². The zero-order chi connectivity index (χ0) is 3.41. The Morgan fingerprint density at radius 1 is 1.17 bits per heavy atom. The van der Waals surface area contributed by atoms with Crippen LogP contribution in [0.2, 0.25) is 0 Å². The van der Waals surface area contributed by atoms with Crippen molar-refractivity contribution >= 4 is 101 Å². The second-order valence-electron chi connectivity index (χ2n) is 0.149. The Hall–Kier alpha value is 3.30. The molecule has 0 aliphatic heterocycles. The van der Waals surface area contributed by atoms with E-state index in [9.17, 15) is 0 Å². The zero-order valence-corrected chi connectivity index (χ0v) is 8.05. The van der Waals surface area contributed by atoms with Gasteiger partial charge in [0.1, 0.15) is 0 Å². The van der Waals surface area contributed by atoms with Crippen molar-refractivity contribution in [2.45, 2.75) is 0 Å². The van der Waals surface area contributed by atoms with E-state index in [4.69, 9.17) is 0 Å². The van der Waals surface area contributed by atoms with Crippen molar-refractivity contribution in [1.82, 2.24) is 0 Å². The molecule has 0 saturated heterocycles. The van der Waals surface area contributed by atoms with E-state index in [2.05, 4.69) is 23.3 Å². The molecule has 6 heteroatoms. The molecule has 6 heavy (non-hydrogen) atoms. The minimum Gasteiger partial charge on any atom is -1.00 e. The molecule has 0 aromatic heterocycles. The van der Waals surface area contributed by atoms with Crippen LogP contribution in [0.1, 0.15) is 2.85 Å². The second kappa shape index (κ2) is 15.7. The van der Waals surface area contributed by atoms with Crippen molar-refractivity contribution in [3.8, 4) is 0 Å². The summed E-state index contributed by atoms with van der Waals surface area (Å²) in [6, 6.07) is 0. The second-order valence-corrected chi connectivity index (χ2v) is 4.02. The van der Waals surface area contributed by atoms with E-state index < -0.39 is 0 Å². The third-order valence-electron chi connectivity index (χ3n) is 0.0333. The van der Waals surface area contributed by atoms with Crippen LogP contribution < -0.4 is 0 Å². The summed E-state index contributed by atoms with van der Waals surface area (Å²) in [4.78, 5) is 0. The molecule has 0 fully saturated rings. The monoisotopic (exact) mass is 244 g/mol. The molecule has 0 N–H and O–H groups in total. The van der Waals surface area contributed by atoms with E-state index in [1.165, 1.54) is 19.7 Å². The summed E-state index contributed by atoms with van der Waals surface area (Å²) < 4.78 is 0. The fourth-order valence-corrected chi connectivity index (χ4v) is 0. The van der Waals surface area contributed by atoms with Crippen molar-refractivity contribution in [3.63, 3.8) is 0 Å². The fourth-order valence-electron chi connectivity index (χ4n) is 0. The molecule has 0 nitrogen and oxygen atoms in total. The largest absolute Gasteiger partial charge is 1.00 e. The predicted molar refractivity (Wildman–Crippen MR) is 51.1 cm³/mol. The molecule has 0 aliphatic carbocycles. The molecule has 0 spiro atoms. The van der Waals surface area contributed by atoms with Crippen molar-refractivity contribution < 1.29 is 2.85 Å². The summed E-state index contributed by atoms with van der Waals surface area (Å²) in [6.07, 6.45) is 0. The van der Waals surface area contributed by atoms with Gasteiger partial charge in [0.05, 0.1) is 0 Å². The van der Waals surface area contributed by atoms with Gasteiger partial charge < -0.3 is 2.85 Å². The van der Waals surface area contributed by atoms with E-state index in [1.54, 1.807) is 0 Å². The molecule has 0 atom stereocenters. The van der Waals surface area contributed by atoms with Gasteiger partial charge in [-0.1, -0.05) is 23.3 Å². The van der Waals surface area contributed by atoms with Crippen molar-refractivity contribution in [2.24, 2.45) is 0 Å². The number of hydrogen-bond donors (Lipinski definition) is 2. The third-order valence-corrected chi connectivity index (χ3v) is 2.70. The molecule has 0 bridgehead atoms. The topological polar surface area (TPSA) is 0 Å². The first-order valence-electron chi connectivity index (χ1n) is 0.532. The smallest absolute Gasteiger partial charge is 1.00 e. The SMILES string of the molecule is SSSS.[Ca+2].[GaH3].[H-].[H-]. The Balaban J connectivity index is -0.00000000750. The molecule has 0 heterocycles. The number of hydrogen-bond acceptors (Lipinski definition) is 4. The van der Waals surface area contributed by atoms with E-state index in [0.29, 0.717) is 0 Å². The molecule has 0 unspecified atom stereocenters. The van der Waals surface area contributed by atoms with Crippen molar-refractivity contribution in [3.05, 3.63) is 0 Å². The molecule has 0 saturated carbocycles. The molecule has 0 rings (SSSR count). The molecule has 0 aliphatic rings.